The van der Waals surface area contributed by atoms with Crippen LogP contribution >= 0.6 is 37.4 Å². The van der Waals surface area contributed by atoms with Gasteiger partial charge < -0.3 is 17.2 Å². The Morgan fingerprint density at radius 3 is 1.58 bits per heavy atom. The van der Waals surface area contributed by atoms with E-state index in [1.54, 1.807) is 12.1 Å². The van der Waals surface area contributed by atoms with Gasteiger partial charge in [0.2, 0.25) is 0 Å². The van der Waals surface area contributed by atoms with Crippen molar-refractivity contribution in [1.29, 1.82) is 0 Å². The molecule has 3 nitrogen and oxygen atoms in total. The number of nitrogens with two attached hydrogens (primary N) is 3. The first-order valence-electron chi connectivity index (χ1n) is 2.74. The molecule has 0 aliphatic heterocycles. The van der Waals surface area contributed by atoms with Crippen molar-refractivity contribution >= 4 is 54.5 Å². The van der Waals surface area contributed by atoms with Crippen LogP contribution in [-0.2, 0) is 0 Å². The molecule has 0 radical (unpaired) electrons. The van der Waals surface area contributed by atoms with Crippen LogP contribution in [0.4, 0.5) is 17.1 Å². The standard InChI is InChI=1S/C6H9N3S.2ClH/c7-4-1-3(10)2-5(8)6(4)9;;/h1-2,10H,7-9H2;2*1H. The second kappa shape index (κ2) is 5.24. The molecule has 0 fully saturated rings. The van der Waals surface area contributed by atoms with Crippen LogP contribution in [0.15, 0.2) is 17.0 Å². The fourth-order valence-corrected chi connectivity index (χ4v) is 0.961. The van der Waals surface area contributed by atoms with E-state index in [1.165, 1.54) is 0 Å². The van der Waals surface area contributed by atoms with E-state index in [4.69, 9.17) is 17.2 Å². The van der Waals surface area contributed by atoms with Gasteiger partial charge >= 0.3 is 0 Å². The summed E-state index contributed by atoms with van der Waals surface area (Å²) in [6.07, 6.45) is 0. The zero-order valence-electron chi connectivity index (χ0n) is 6.15. The van der Waals surface area contributed by atoms with E-state index < -0.39 is 0 Å². The van der Waals surface area contributed by atoms with Gasteiger partial charge in [-0.2, -0.15) is 0 Å². The number of benzene rings is 1. The van der Waals surface area contributed by atoms with Crippen molar-refractivity contribution in [1.82, 2.24) is 0 Å². The quantitative estimate of drug-likeness (QED) is 0.402. The molecule has 0 saturated heterocycles. The number of nitrogen functional groups attached to an aromatic ring is 3. The van der Waals surface area contributed by atoms with Crippen LogP contribution in [0.25, 0.3) is 0 Å². The van der Waals surface area contributed by atoms with Crippen molar-refractivity contribution in [2.24, 2.45) is 0 Å². The third-order valence-electron chi connectivity index (χ3n) is 1.23. The summed E-state index contributed by atoms with van der Waals surface area (Å²) in [5, 5.41) is 0. The second-order valence-electron chi connectivity index (χ2n) is 2.04. The molecule has 6 N–H and O–H groups in total. The first-order chi connectivity index (χ1) is 4.61. The lowest BCUT2D eigenvalue weighted by Crippen LogP contribution is -1.99. The molecule has 0 spiro atoms. The van der Waals surface area contributed by atoms with E-state index in [9.17, 15) is 0 Å². The van der Waals surface area contributed by atoms with E-state index in [2.05, 4.69) is 12.6 Å². The minimum atomic E-state index is 0. The smallest absolute Gasteiger partial charge is 0.0782 e. The molecule has 1 aromatic carbocycles. The van der Waals surface area contributed by atoms with Gasteiger partial charge in [-0.1, -0.05) is 0 Å². The summed E-state index contributed by atoms with van der Waals surface area (Å²) in [5.74, 6) is 0. The van der Waals surface area contributed by atoms with Crippen molar-refractivity contribution in [2.45, 2.75) is 4.90 Å². The number of thiol groups is 1. The number of hydrogen-bond acceptors (Lipinski definition) is 4. The van der Waals surface area contributed by atoms with Gasteiger partial charge in [-0.05, 0) is 12.1 Å². The summed E-state index contributed by atoms with van der Waals surface area (Å²) < 4.78 is 0. The Hall–Kier alpha value is -0.450. The van der Waals surface area contributed by atoms with Gasteiger partial charge in [-0.25, -0.2) is 0 Å². The zero-order valence-corrected chi connectivity index (χ0v) is 8.68. The Balaban J connectivity index is 0. The SMILES string of the molecule is Cl.Cl.Nc1cc(S)cc(N)c1N. The van der Waals surface area contributed by atoms with Gasteiger partial charge in [0.1, 0.15) is 0 Å². The average Bonchev–Trinajstić information content (AvgIpc) is 1.82. The average molecular weight is 228 g/mol. The summed E-state index contributed by atoms with van der Waals surface area (Å²) in [7, 11) is 0. The highest BCUT2D eigenvalue weighted by Crippen LogP contribution is 2.25. The van der Waals surface area contributed by atoms with Crippen LogP contribution in [0.3, 0.4) is 0 Å². The van der Waals surface area contributed by atoms with Crippen LogP contribution < -0.4 is 17.2 Å². The molecule has 0 unspecified atom stereocenters. The predicted octanol–water partition coefficient (Wildman–Crippen LogP) is 1.57. The maximum Gasteiger partial charge on any atom is 0.0782 e. The number of hydrogen-bond donors (Lipinski definition) is 4. The minimum absolute atomic E-state index is 0. The molecule has 0 aliphatic rings. The highest BCUT2D eigenvalue weighted by atomic mass is 35.5. The Labute approximate surface area is 88.9 Å². The van der Waals surface area contributed by atoms with Crippen molar-refractivity contribution < 1.29 is 0 Å². The largest absolute Gasteiger partial charge is 0.397 e. The van der Waals surface area contributed by atoms with E-state index in [0.717, 1.165) is 4.90 Å². The fraction of sp³-hybridized carbons (Fsp3) is 0. The molecule has 0 bridgehead atoms. The molecular formula is C6H11Cl2N3S. The molecule has 12 heavy (non-hydrogen) atoms. The Kier molecular flexibility index (Phi) is 6.16. The minimum Gasteiger partial charge on any atom is -0.397 e. The number of halogens is 2. The van der Waals surface area contributed by atoms with Gasteiger partial charge in [0.25, 0.3) is 0 Å². The number of rotatable bonds is 0. The highest BCUT2D eigenvalue weighted by Gasteiger charge is 1.98. The van der Waals surface area contributed by atoms with Crippen molar-refractivity contribution in [3.8, 4) is 0 Å². The van der Waals surface area contributed by atoms with Gasteiger partial charge in [0, 0.05) is 4.90 Å². The summed E-state index contributed by atoms with van der Waals surface area (Å²) in [4.78, 5) is 0.726. The van der Waals surface area contributed by atoms with E-state index in [-0.39, 0.29) is 24.8 Å². The lowest BCUT2D eigenvalue weighted by Gasteiger charge is -2.03. The van der Waals surface area contributed by atoms with Crippen LogP contribution in [0.5, 0.6) is 0 Å². The Morgan fingerprint density at radius 1 is 0.917 bits per heavy atom. The molecule has 0 atom stereocenters. The van der Waals surface area contributed by atoms with E-state index in [0.29, 0.717) is 17.1 Å². The van der Waals surface area contributed by atoms with Crippen LogP contribution in [0.2, 0.25) is 0 Å². The van der Waals surface area contributed by atoms with E-state index >= 15 is 0 Å². The molecule has 0 amide bonds. The monoisotopic (exact) mass is 227 g/mol. The summed E-state index contributed by atoms with van der Waals surface area (Å²) >= 11 is 4.06. The van der Waals surface area contributed by atoms with Gasteiger partial charge in [-0.3, -0.25) is 0 Å². The summed E-state index contributed by atoms with van der Waals surface area (Å²) in [5.41, 5.74) is 17.8. The molecule has 1 aromatic rings. The Bertz CT molecular complexity index is 244. The molecule has 1 rings (SSSR count). The molecule has 70 valence electrons. The summed E-state index contributed by atoms with van der Waals surface area (Å²) in [6.45, 7) is 0. The number of anilines is 3. The van der Waals surface area contributed by atoms with Crippen molar-refractivity contribution in [3.05, 3.63) is 12.1 Å². The fourth-order valence-electron chi connectivity index (χ4n) is 0.682. The first kappa shape index (κ1) is 14.1. The lowest BCUT2D eigenvalue weighted by molar-refractivity contribution is 1.48. The lowest BCUT2D eigenvalue weighted by atomic mass is 10.2. The maximum absolute atomic E-state index is 5.47. The normalized spacial score (nSPS) is 8.08. The van der Waals surface area contributed by atoms with E-state index in [1.807, 2.05) is 0 Å². The van der Waals surface area contributed by atoms with Crippen LogP contribution in [0.1, 0.15) is 0 Å². The Morgan fingerprint density at radius 2 is 1.25 bits per heavy atom. The van der Waals surface area contributed by atoms with Crippen molar-refractivity contribution in [3.63, 3.8) is 0 Å². The van der Waals surface area contributed by atoms with Crippen LogP contribution in [-0.4, -0.2) is 0 Å². The van der Waals surface area contributed by atoms with Gasteiger partial charge in [-0.15, -0.1) is 37.4 Å². The predicted molar refractivity (Wildman–Crippen MR) is 61.4 cm³/mol. The molecule has 0 saturated carbocycles. The third kappa shape index (κ3) is 2.89. The summed E-state index contributed by atoms with van der Waals surface area (Å²) in [6, 6.07) is 3.32. The zero-order chi connectivity index (χ0) is 7.72. The second-order valence-corrected chi connectivity index (χ2v) is 2.55. The first-order valence-corrected chi connectivity index (χ1v) is 3.19. The third-order valence-corrected chi connectivity index (χ3v) is 1.49. The van der Waals surface area contributed by atoms with Crippen molar-refractivity contribution in [2.75, 3.05) is 17.2 Å². The molecule has 0 aliphatic carbocycles. The van der Waals surface area contributed by atoms with Gasteiger partial charge in [0.15, 0.2) is 0 Å². The molecule has 0 heterocycles. The molecule has 0 aromatic heterocycles. The maximum atomic E-state index is 5.47. The topological polar surface area (TPSA) is 78.1 Å². The van der Waals surface area contributed by atoms with Gasteiger partial charge in [0.05, 0.1) is 17.1 Å². The molecule has 6 heteroatoms. The highest BCUT2D eigenvalue weighted by molar-refractivity contribution is 7.80. The van der Waals surface area contributed by atoms with Crippen LogP contribution in [0, 0.1) is 0 Å². The molecular weight excluding hydrogens is 217 g/mol.